The van der Waals surface area contributed by atoms with Gasteiger partial charge in [-0.3, -0.25) is 0 Å². The lowest BCUT2D eigenvalue weighted by molar-refractivity contribution is -0.0494. The molecule has 0 aliphatic carbocycles. The number of alkyl halides is 3. The van der Waals surface area contributed by atoms with Gasteiger partial charge in [-0.25, -0.2) is 0 Å². The minimum Gasteiger partial charge on any atom is -0.191 e. The smallest absolute Gasteiger partial charge is 0.191 e. The third-order valence-corrected chi connectivity index (χ3v) is 5.31. The van der Waals surface area contributed by atoms with Crippen LogP contribution in [0.4, 0.5) is 13.2 Å². The highest BCUT2D eigenvalue weighted by atomic mass is 32.3. The van der Waals surface area contributed by atoms with Gasteiger partial charge in [-0.2, -0.15) is 25.2 Å². The zero-order valence-corrected chi connectivity index (χ0v) is 14.9. The molecule has 8 heteroatoms. The summed E-state index contributed by atoms with van der Waals surface area (Å²) in [5, 5.41) is 0. The Morgan fingerprint density at radius 1 is 1.04 bits per heavy atom. The molecule has 0 atom stereocenters. The molecular weight excluding hydrogens is 349 g/mol. The molecule has 1 rings (SSSR count). The highest BCUT2D eigenvalue weighted by Crippen LogP contribution is 2.28. The molecule has 0 aliphatic rings. The van der Waals surface area contributed by atoms with Gasteiger partial charge in [0, 0.05) is 17.8 Å². The summed E-state index contributed by atoms with van der Waals surface area (Å²) in [6.07, 6.45) is 2.10. The fraction of sp³-hybridized carbons (Fsp3) is 0.600. The molecule has 0 bridgehead atoms. The average Bonchev–Trinajstić information content (AvgIpc) is 2.41. The van der Waals surface area contributed by atoms with Gasteiger partial charge in [0.05, 0.1) is 0 Å². The van der Waals surface area contributed by atoms with E-state index in [4.69, 9.17) is 0 Å². The third kappa shape index (κ3) is 6.73. The van der Waals surface area contributed by atoms with Crippen LogP contribution < -0.4 is 0 Å². The predicted molar refractivity (Wildman–Crippen MR) is 86.6 cm³/mol. The van der Waals surface area contributed by atoms with Crippen LogP contribution in [0, 0.1) is 0 Å². The number of benzene rings is 1. The fourth-order valence-electron chi connectivity index (χ4n) is 1.80. The monoisotopic (exact) mass is 370 g/mol. The first-order chi connectivity index (χ1) is 10.4. The summed E-state index contributed by atoms with van der Waals surface area (Å²) in [7, 11) is -5.49. The van der Waals surface area contributed by atoms with E-state index in [0.29, 0.717) is 18.5 Å². The van der Waals surface area contributed by atoms with Crippen LogP contribution in [0.15, 0.2) is 24.3 Å². The van der Waals surface area contributed by atoms with Gasteiger partial charge in [0.15, 0.2) is 0 Å². The second kappa shape index (κ2) is 7.90. The van der Waals surface area contributed by atoms with Gasteiger partial charge in [0.2, 0.25) is 0 Å². The van der Waals surface area contributed by atoms with Crippen molar-refractivity contribution in [2.75, 3.05) is 5.75 Å². The minimum atomic E-state index is -5.49. The van der Waals surface area contributed by atoms with Crippen molar-refractivity contribution in [2.45, 2.75) is 51.0 Å². The molecule has 0 aliphatic heterocycles. The van der Waals surface area contributed by atoms with Crippen molar-refractivity contribution in [3.63, 3.8) is 0 Å². The number of hydrogen-bond donors (Lipinski definition) is 0. The van der Waals surface area contributed by atoms with E-state index in [9.17, 15) is 21.6 Å². The molecule has 0 aromatic heterocycles. The molecule has 0 unspecified atom stereocenters. The molecule has 0 spiro atoms. The van der Waals surface area contributed by atoms with Gasteiger partial charge in [-0.15, -0.1) is 0 Å². The maximum Gasteiger partial charge on any atom is 0.524 e. The van der Waals surface area contributed by atoms with Crippen LogP contribution in [0.1, 0.15) is 44.7 Å². The van der Waals surface area contributed by atoms with Crippen LogP contribution in [-0.2, 0) is 25.6 Å². The summed E-state index contributed by atoms with van der Waals surface area (Å²) < 4.78 is 61.2. The quantitative estimate of drug-likeness (QED) is 0.392. The summed E-state index contributed by atoms with van der Waals surface area (Å²) in [6, 6.07) is 8.23. The van der Waals surface area contributed by atoms with Crippen LogP contribution >= 0.6 is 12.0 Å². The molecule has 0 fully saturated rings. The first-order valence-corrected chi connectivity index (χ1v) is 9.47. The van der Waals surface area contributed by atoms with E-state index >= 15 is 0 Å². The SMILES string of the molecule is CC(C)(C)c1ccc(CCCCSOS(=O)(=O)C(F)(F)F)cc1. The highest BCUT2D eigenvalue weighted by molar-refractivity contribution is 8.04. The molecule has 1 aromatic carbocycles. The molecule has 132 valence electrons. The summed E-state index contributed by atoms with van der Waals surface area (Å²) in [5.74, 6) is 0.190. The summed E-state index contributed by atoms with van der Waals surface area (Å²) in [4.78, 5) is 0. The topological polar surface area (TPSA) is 43.4 Å². The maximum atomic E-state index is 12.0. The zero-order chi connectivity index (χ0) is 17.7. The second-order valence-corrected chi connectivity index (χ2v) is 8.75. The number of hydrogen-bond acceptors (Lipinski definition) is 4. The van der Waals surface area contributed by atoms with E-state index in [2.05, 4.69) is 36.5 Å². The maximum absolute atomic E-state index is 12.0. The lowest BCUT2D eigenvalue weighted by Crippen LogP contribution is -2.23. The van der Waals surface area contributed by atoms with Gasteiger partial charge in [0.1, 0.15) is 0 Å². The number of unbranched alkanes of at least 4 members (excludes halogenated alkanes) is 1. The molecule has 0 saturated heterocycles. The Hall–Kier alpha value is -0.730. The molecule has 23 heavy (non-hydrogen) atoms. The first kappa shape index (κ1) is 20.3. The molecule has 0 N–H and O–H groups in total. The van der Waals surface area contributed by atoms with Crippen molar-refractivity contribution >= 4 is 22.2 Å². The number of aryl methyl sites for hydroxylation is 1. The Morgan fingerprint density at radius 2 is 1.61 bits per heavy atom. The average molecular weight is 370 g/mol. The minimum absolute atomic E-state index is 0.0937. The Labute approximate surface area is 139 Å². The van der Waals surface area contributed by atoms with E-state index in [0.717, 1.165) is 18.4 Å². The van der Waals surface area contributed by atoms with E-state index in [-0.39, 0.29) is 11.2 Å². The molecular formula is C15H21F3O3S2. The van der Waals surface area contributed by atoms with Crippen molar-refractivity contribution in [3.8, 4) is 0 Å². The largest absolute Gasteiger partial charge is 0.524 e. The van der Waals surface area contributed by atoms with E-state index in [1.54, 1.807) is 0 Å². The van der Waals surface area contributed by atoms with E-state index < -0.39 is 15.6 Å². The summed E-state index contributed by atoms with van der Waals surface area (Å²) >= 11 is 0.320. The third-order valence-electron chi connectivity index (χ3n) is 3.18. The second-order valence-electron chi connectivity index (χ2n) is 6.19. The van der Waals surface area contributed by atoms with Gasteiger partial charge < -0.3 is 0 Å². The van der Waals surface area contributed by atoms with Crippen molar-refractivity contribution in [1.29, 1.82) is 0 Å². The summed E-state index contributed by atoms with van der Waals surface area (Å²) in [5.41, 5.74) is -2.89. The highest BCUT2D eigenvalue weighted by Gasteiger charge is 2.47. The lowest BCUT2D eigenvalue weighted by atomic mass is 9.86. The Morgan fingerprint density at radius 3 is 2.09 bits per heavy atom. The Kier molecular flexibility index (Phi) is 6.97. The normalized spacial score (nSPS) is 13.3. The number of halogens is 3. The van der Waals surface area contributed by atoms with Crippen molar-refractivity contribution in [3.05, 3.63) is 35.4 Å². The molecule has 0 amide bonds. The van der Waals surface area contributed by atoms with Crippen molar-refractivity contribution in [2.24, 2.45) is 0 Å². The van der Waals surface area contributed by atoms with Crippen molar-refractivity contribution in [1.82, 2.24) is 0 Å². The van der Waals surface area contributed by atoms with Gasteiger partial charge in [-0.1, -0.05) is 45.0 Å². The standard InChI is InChI=1S/C15H21F3O3S2/c1-14(2,3)13-9-7-12(8-10-13)6-4-5-11-22-21-23(19,20)15(16,17)18/h7-10H,4-6,11H2,1-3H3. The lowest BCUT2D eigenvalue weighted by Gasteiger charge is -2.19. The van der Waals surface area contributed by atoms with Crippen LogP contribution in [0.2, 0.25) is 0 Å². The van der Waals surface area contributed by atoms with E-state index in [1.165, 1.54) is 5.56 Å². The molecule has 1 aromatic rings. The van der Waals surface area contributed by atoms with Crippen molar-refractivity contribution < 1.29 is 25.2 Å². The van der Waals surface area contributed by atoms with Crippen LogP contribution in [0.25, 0.3) is 0 Å². The molecule has 3 nitrogen and oxygen atoms in total. The molecule has 0 heterocycles. The van der Waals surface area contributed by atoms with Crippen LogP contribution in [0.3, 0.4) is 0 Å². The number of rotatable bonds is 7. The Bertz CT molecular complexity index is 588. The van der Waals surface area contributed by atoms with Gasteiger partial charge in [0.25, 0.3) is 0 Å². The molecule has 0 radical (unpaired) electrons. The fourth-order valence-corrected chi connectivity index (χ4v) is 3.21. The molecule has 0 saturated carbocycles. The predicted octanol–water partition coefficient (Wildman–Crippen LogP) is 4.82. The van der Waals surface area contributed by atoms with Gasteiger partial charge >= 0.3 is 15.6 Å². The van der Waals surface area contributed by atoms with Crippen LogP contribution in [0.5, 0.6) is 0 Å². The van der Waals surface area contributed by atoms with Gasteiger partial charge in [-0.05, 0) is 35.8 Å². The summed E-state index contributed by atoms with van der Waals surface area (Å²) in [6.45, 7) is 6.40. The van der Waals surface area contributed by atoms with E-state index in [1.807, 2.05) is 12.1 Å². The van der Waals surface area contributed by atoms with Crippen LogP contribution in [-0.4, -0.2) is 19.7 Å². The first-order valence-electron chi connectivity index (χ1n) is 7.15. The Balaban J connectivity index is 2.28. The zero-order valence-electron chi connectivity index (χ0n) is 13.3.